The van der Waals surface area contributed by atoms with Gasteiger partial charge >= 0.3 is 0 Å². The Morgan fingerprint density at radius 2 is 1.85 bits per heavy atom. The minimum absolute atomic E-state index is 0.119. The second-order valence-corrected chi connectivity index (χ2v) is 8.31. The number of rotatable bonds is 4. The van der Waals surface area contributed by atoms with Crippen molar-refractivity contribution in [2.24, 2.45) is 0 Å². The number of piperidine rings is 1. The lowest BCUT2D eigenvalue weighted by molar-refractivity contribution is 0.158. The maximum Gasteiger partial charge on any atom is 0.245 e. The summed E-state index contributed by atoms with van der Waals surface area (Å²) in [6, 6.07) is 6.61. The van der Waals surface area contributed by atoms with Crippen LogP contribution in [0.15, 0.2) is 41.8 Å². The quantitative estimate of drug-likeness (QED) is 0.737. The predicted molar refractivity (Wildman–Crippen MR) is 96.3 cm³/mol. The Hall–Kier alpha value is -2.52. The number of sulfone groups is 1. The van der Waals surface area contributed by atoms with Gasteiger partial charge in [-0.1, -0.05) is 0 Å². The number of nitrogens with zero attached hydrogens (tertiary/aromatic N) is 4. The van der Waals surface area contributed by atoms with Crippen molar-refractivity contribution in [2.75, 3.05) is 19.3 Å². The zero-order valence-corrected chi connectivity index (χ0v) is 15.1. The highest BCUT2D eigenvalue weighted by Crippen LogP contribution is 2.25. The minimum atomic E-state index is -3.23. The average Bonchev–Trinajstić information content (AvgIpc) is 3.07. The maximum absolute atomic E-state index is 11.6. The summed E-state index contributed by atoms with van der Waals surface area (Å²) in [6.07, 6.45) is 6.27. The molecule has 1 saturated heterocycles. The van der Waals surface area contributed by atoms with Crippen LogP contribution in [0.25, 0.3) is 16.9 Å². The fourth-order valence-corrected chi connectivity index (χ4v) is 3.64. The van der Waals surface area contributed by atoms with Crippen LogP contribution >= 0.6 is 0 Å². The van der Waals surface area contributed by atoms with Crippen LogP contribution in [0, 0.1) is 0 Å². The van der Waals surface area contributed by atoms with Crippen LogP contribution in [-0.2, 0) is 9.84 Å². The molecular weight excluding hydrogens is 354 g/mol. The third-order valence-corrected chi connectivity index (χ3v) is 5.54. The molecular formula is C17H19N5O3S. The molecule has 0 saturated carbocycles. The third-order valence-electron chi connectivity index (χ3n) is 4.41. The first-order chi connectivity index (χ1) is 12.5. The van der Waals surface area contributed by atoms with Gasteiger partial charge in [0.25, 0.3) is 0 Å². The van der Waals surface area contributed by atoms with E-state index in [1.807, 2.05) is 0 Å². The number of hydrogen-bond acceptors (Lipinski definition) is 7. The Morgan fingerprint density at radius 1 is 1.12 bits per heavy atom. The predicted octanol–water partition coefficient (Wildman–Crippen LogP) is 1.35. The van der Waals surface area contributed by atoms with E-state index in [4.69, 9.17) is 4.74 Å². The van der Waals surface area contributed by atoms with Crippen molar-refractivity contribution < 1.29 is 13.2 Å². The highest BCUT2D eigenvalue weighted by atomic mass is 32.2. The van der Waals surface area contributed by atoms with E-state index in [2.05, 4.69) is 20.3 Å². The molecule has 0 unspecified atom stereocenters. The summed E-state index contributed by atoms with van der Waals surface area (Å²) >= 11 is 0. The summed E-state index contributed by atoms with van der Waals surface area (Å²) in [5, 5.41) is 3.30. The lowest BCUT2D eigenvalue weighted by Crippen LogP contribution is -2.34. The lowest BCUT2D eigenvalue weighted by atomic mass is 10.1. The Balaban J connectivity index is 1.68. The number of benzene rings is 1. The van der Waals surface area contributed by atoms with Gasteiger partial charge in [0.05, 0.1) is 4.90 Å². The van der Waals surface area contributed by atoms with E-state index >= 15 is 0 Å². The van der Waals surface area contributed by atoms with Crippen LogP contribution < -0.4 is 10.1 Å². The molecule has 0 spiro atoms. The Bertz CT molecular complexity index is 1020. The summed E-state index contributed by atoms with van der Waals surface area (Å²) in [7, 11) is -3.23. The molecule has 0 radical (unpaired) electrons. The van der Waals surface area contributed by atoms with Gasteiger partial charge in [-0.15, -0.1) is 0 Å². The molecule has 1 aliphatic heterocycles. The maximum atomic E-state index is 11.6. The van der Waals surface area contributed by atoms with Crippen LogP contribution in [0.4, 0.5) is 0 Å². The average molecular weight is 373 g/mol. The smallest absolute Gasteiger partial charge is 0.245 e. The molecule has 2 aromatic heterocycles. The van der Waals surface area contributed by atoms with Crippen molar-refractivity contribution in [3.8, 4) is 11.6 Å². The van der Waals surface area contributed by atoms with Crippen LogP contribution in [-0.4, -0.2) is 53.4 Å². The van der Waals surface area contributed by atoms with Crippen molar-refractivity contribution in [3.05, 3.63) is 36.9 Å². The Morgan fingerprint density at radius 3 is 2.54 bits per heavy atom. The fraction of sp³-hybridized carbons (Fsp3) is 0.353. The van der Waals surface area contributed by atoms with Gasteiger partial charge < -0.3 is 10.1 Å². The van der Waals surface area contributed by atoms with Gasteiger partial charge in [-0.2, -0.15) is 4.98 Å². The molecule has 136 valence electrons. The van der Waals surface area contributed by atoms with Gasteiger partial charge in [0.2, 0.25) is 5.88 Å². The molecule has 1 aromatic carbocycles. The number of imidazole rings is 1. The van der Waals surface area contributed by atoms with E-state index in [1.54, 1.807) is 35.2 Å². The minimum Gasteiger partial charge on any atom is -0.473 e. The van der Waals surface area contributed by atoms with Crippen molar-refractivity contribution in [2.45, 2.75) is 23.8 Å². The molecule has 3 heterocycles. The first kappa shape index (κ1) is 16.9. The molecule has 0 amide bonds. The molecule has 9 heteroatoms. The molecule has 4 rings (SSSR count). The SMILES string of the molecule is CS(=O)(=O)c1ccc(-n2cnc3c(OC4CCNCC4)ncnc32)cc1. The van der Waals surface area contributed by atoms with Gasteiger partial charge in [0.1, 0.15) is 18.8 Å². The van der Waals surface area contributed by atoms with Crippen molar-refractivity contribution >= 4 is 21.0 Å². The van der Waals surface area contributed by atoms with E-state index in [0.29, 0.717) is 17.0 Å². The molecule has 3 aromatic rings. The van der Waals surface area contributed by atoms with Crippen LogP contribution in [0.2, 0.25) is 0 Å². The van der Waals surface area contributed by atoms with Crippen LogP contribution in [0.1, 0.15) is 12.8 Å². The van der Waals surface area contributed by atoms with E-state index in [0.717, 1.165) is 31.6 Å². The van der Waals surface area contributed by atoms with E-state index in [-0.39, 0.29) is 11.0 Å². The molecule has 0 atom stereocenters. The van der Waals surface area contributed by atoms with Crippen molar-refractivity contribution in [1.82, 2.24) is 24.8 Å². The summed E-state index contributed by atoms with van der Waals surface area (Å²) in [4.78, 5) is 13.3. The first-order valence-corrected chi connectivity index (χ1v) is 10.3. The highest BCUT2D eigenvalue weighted by molar-refractivity contribution is 7.90. The van der Waals surface area contributed by atoms with Crippen LogP contribution in [0.3, 0.4) is 0 Å². The van der Waals surface area contributed by atoms with E-state index in [9.17, 15) is 8.42 Å². The summed E-state index contributed by atoms with van der Waals surface area (Å²) < 4.78 is 31.1. The van der Waals surface area contributed by atoms with Gasteiger partial charge in [-0.25, -0.2) is 18.4 Å². The topological polar surface area (TPSA) is 99.0 Å². The zero-order chi connectivity index (χ0) is 18.1. The Kier molecular flexibility index (Phi) is 4.33. The molecule has 26 heavy (non-hydrogen) atoms. The number of aromatic nitrogens is 4. The van der Waals surface area contributed by atoms with Gasteiger partial charge in [-0.3, -0.25) is 4.57 Å². The van der Waals surface area contributed by atoms with Gasteiger partial charge in [0.15, 0.2) is 21.0 Å². The monoisotopic (exact) mass is 373 g/mol. The fourth-order valence-electron chi connectivity index (χ4n) is 3.01. The first-order valence-electron chi connectivity index (χ1n) is 8.38. The Labute approximate surface area is 151 Å². The normalized spacial score (nSPS) is 16.0. The molecule has 1 N–H and O–H groups in total. The highest BCUT2D eigenvalue weighted by Gasteiger charge is 2.19. The van der Waals surface area contributed by atoms with Gasteiger partial charge in [-0.05, 0) is 50.2 Å². The third kappa shape index (κ3) is 3.27. The molecule has 1 fully saturated rings. The zero-order valence-electron chi connectivity index (χ0n) is 14.3. The molecule has 8 nitrogen and oxygen atoms in total. The molecule has 0 aliphatic carbocycles. The van der Waals surface area contributed by atoms with Gasteiger partial charge in [0, 0.05) is 11.9 Å². The number of fused-ring (bicyclic) bond motifs is 1. The number of ether oxygens (including phenoxy) is 1. The lowest BCUT2D eigenvalue weighted by Gasteiger charge is -2.23. The second-order valence-electron chi connectivity index (χ2n) is 6.30. The van der Waals surface area contributed by atoms with Crippen molar-refractivity contribution in [3.63, 3.8) is 0 Å². The molecule has 1 aliphatic rings. The van der Waals surface area contributed by atoms with Crippen LogP contribution in [0.5, 0.6) is 5.88 Å². The number of hydrogen-bond donors (Lipinski definition) is 1. The standard InChI is InChI=1S/C17H19N5O3S/c1-26(23,24)14-4-2-12(3-5-14)22-11-21-15-16(22)19-10-20-17(15)25-13-6-8-18-9-7-13/h2-5,10-11,13,18H,6-9H2,1H3. The van der Waals surface area contributed by atoms with E-state index in [1.165, 1.54) is 12.6 Å². The summed E-state index contributed by atoms with van der Waals surface area (Å²) in [5.41, 5.74) is 1.99. The number of nitrogens with one attached hydrogen (secondary N) is 1. The van der Waals surface area contributed by atoms with E-state index < -0.39 is 9.84 Å². The summed E-state index contributed by atoms with van der Waals surface area (Å²) in [5.74, 6) is 0.480. The molecule has 0 bridgehead atoms. The second kappa shape index (κ2) is 6.65. The largest absolute Gasteiger partial charge is 0.473 e. The summed E-state index contributed by atoms with van der Waals surface area (Å²) in [6.45, 7) is 1.86. The van der Waals surface area contributed by atoms with Crippen molar-refractivity contribution in [1.29, 1.82) is 0 Å².